The highest BCUT2D eigenvalue weighted by molar-refractivity contribution is 6.01. The molecule has 1 unspecified atom stereocenters. The Hall–Kier alpha value is -2.82. The Balaban J connectivity index is 1.92. The third-order valence-electron chi connectivity index (χ3n) is 5.38. The minimum Gasteiger partial charge on any atom is -0.479 e. The SMILES string of the molecule is CCC(CC)C(=O)Nc1ccc2c(c1)N(Cc1ccccc1C)C(=O)C(C)O2. The van der Waals surface area contributed by atoms with Crippen LogP contribution in [0.15, 0.2) is 42.5 Å². The molecular formula is C23H28N2O3. The second-order valence-corrected chi connectivity index (χ2v) is 7.30. The standard InChI is InChI=1S/C23H28N2O3/c1-5-17(6-2)22(26)24-19-11-12-21-20(13-19)25(23(27)16(4)28-21)14-18-10-8-7-9-15(18)3/h7-13,16-17H,5-6,14H2,1-4H3,(H,24,26). The van der Waals surface area contributed by atoms with Crippen molar-refractivity contribution < 1.29 is 14.3 Å². The number of rotatable bonds is 6. The number of amides is 2. The van der Waals surface area contributed by atoms with Crippen LogP contribution >= 0.6 is 0 Å². The minimum atomic E-state index is -0.540. The van der Waals surface area contributed by atoms with Crippen LogP contribution in [0, 0.1) is 12.8 Å². The molecule has 0 aliphatic carbocycles. The molecule has 1 aliphatic heterocycles. The van der Waals surface area contributed by atoms with Gasteiger partial charge in [0.05, 0.1) is 12.2 Å². The van der Waals surface area contributed by atoms with E-state index in [1.807, 2.05) is 63.2 Å². The first-order valence-corrected chi connectivity index (χ1v) is 9.92. The lowest BCUT2D eigenvalue weighted by atomic mass is 10.0. The molecule has 0 radical (unpaired) electrons. The van der Waals surface area contributed by atoms with E-state index in [-0.39, 0.29) is 17.7 Å². The summed E-state index contributed by atoms with van der Waals surface area (Å²) in [5.74, 6) is 0.560. The van der Waals surface area contributed by atoms with Gasteiger partial charge in [0, 0.05) is 11.6 Å². The van der Waals surface area contributed by atoms with Crippen molar-refractivity contribution >= 4 is 23.2 Å². The third-order valence-corrected chi connectivity index (χ3v) is 5.38. The molecule has 2 aromatic rings. The number of hydrogen-bond acceptors (Lipinski definition) is 3. The van der Waals surface area contributed by atoms with Gasteiger partial charge in [0.25, 0.3) is 5.91 Å². The molecule has 0 saturated carbocycles. The van der Waals surface area contributed by atoms with Crippen molar-refractivity contribution in [3.63, 3.8) is 0 Å². The molecule has 0 aromatic heterocycles. The van der Waals surface area contributed by atoms with E-state index < -0.39 is 6.10 Å². The fourth-order valence-electron chi connectivity index (χ4n) is 3.51. The molecular weight excluding hydrogens is 352 g/mol. The van der Waals surface area contributed by atoms with Gasteiger partial charge in [-0.2, -0.15) is 0 Å². The zero-order valence-electron chi connectivity index (χ0n) is 17.0. The Kier molecular flexibility index (Phi) is 6.02. The van der Waals surface area contributed by atoms with E-state index in [1.165, 1.54) is 0 Å². The summed E-state index contributed by atoms with van der Waals surface area (Å²) in [5.41, 5.74) is 3.58. The van der Waals surface area contributed by atoms with Gasteiger partial charge in [-0.1, -0.05) is 38.1 Å². The number of aryl methyl sites for hydroxylation is 1. The molecule has 3 rings (SSSR count). The van der Waals surface area contributed by atoms with Gasteiger partial charge in [-0.3, -0.25) is 9.59 Å². The number of carbonyl (C=O) groups is 2. The molecule has 2 aromatic carbocycles. The van der Waals surface area contributed by atoms with Crippen molar-refractivity contribution in [2.45, 2.75) is 53.2 Å². The van der Waals surface area contributed by atoms with Crippen molar-refractivity contribution in [1.29, 1.82) is 0 Å². The number of nitrogens with zero attached hydrogens (tertiary/aromatic N) is 1. The molecule has 0 spiro atoms. The highest BCUT2D eigenvalue weighted by atomic mass is 16.5. The van der Waals surface area contributed by atoms with E-state index in [0.29, 0.717) is 23.7 Å². The van der Waals surface area contributed by atoms with Gasteiger partial charge in [-0.15, -0.1) is 0 Å². The third kappa shape index (κ3) is 4.03. The van der Waals surface area contributed by atoms with Crippen LogP contribution in [0.3, 0.4) is 0 Å². The first kappa shape index (κ1) is 19.9. The maximum atomic E-state index is 12.9. The van der Waals surface area contributed by atoms with Crippen molar-refractivity contribution in [3.8, 4) is 5.75 Å². The maximum Gasteiger partial charge on any atom is 0.268 e. The lowest BCUT2D eigenvalue weighted by molar-refractivity contribution is -0.125. The van der Waals surface area contributed by atoms with Crippen LogP contribution < -0.4 is 15.0 Å². The Labute approximate surface area is 166 Å². The van der Waals surface area contributed by atoms with Gasteiger partial charge >= 0.3 is 0 Å². The summed E-state index contributed by atoms with van der Waals surface area (Å²) in [6.45, 7) is 8.29. The summed E-state index contributed by atoms with van der Waals surface area (Å²) in [4.78, 5) is 27.1. The Morgan fingerprint density at radius 2 is 1.89 bits per heavy atom. The molecule has 1 atom stereocenters. The largest absolute Gasteiger partial charge is 0.479 e. The number of fused-ring (bicyclic) bond motifs is 1. The summed E-state index contributed by atoms with van der Waals surface area (Å²) >= 11 is 0. The van der Waals surface area contributed by atoms with E-state index in [1.54, 1.807) is 11.8 Å². The quantitative estimate of drug-likeness (QED) is 0.791. The van der Waals surface area contributed by atoms with Gasteiger partial charge in [-0.05, 0) is 56.0 Å². The summed E-state index contributed by atoms with van der Waals surface area (Å²) < 4.78 is 5.79. The van der Waals surface area contributed by atoms with E-state index in [2.05, 4.69) is 5.32 Å². The summed E-state index contributed by atoms with van der Waals surface area (Å²) in [7, 11) is 0. The summed E-state index contributed by atoms with van der Waals surface area (Å²) in [6.07, 6.45) is 1.05. The average Bonchev–Trinajstić information content (AvgIpc) is 2.68. The number of hydrogen-bond donors (Lipinski definition) is 1. The average molecular weight is 380 g/mol. The zero-order chi connectivity index (χ0) is 20.3. The highest BCUT2D eigenvalue weighted by Crippen LogP contribution is 2.37. The zero-order valence-corrected chi connectivity index (χ0v) is 17.0. The van der Waals surface area contributed by atoms with E-state index in [0.717, 1.165) is 24.0 Å². The predicted molar refractivity (Wildman–Crippen MR) is 112 cm³/mol. The highest BCUT2D eigenvalue weighted by Gasteiger charge is 2.32. The molecule has 148 valence electrons. The molecule has 2 amide bonds. The van der Waals surface area contributed by atoms with Crippen LogP contribution in [0.2, 0.25) is 0 Å². The van der Waals surface area contributed by atoms with Crippen LogP contribution in [0.4, 0.5) is 11.4 Å². The fourth-order valence-corrected chi connectivity index (χ4v) is 3.51. The first-order chi connectivity index (χ1) is 13.4. The molecule has 0 saturated heterocycles. The van der Waals surface area contributed by atoms with Crippen LogP contribution in [-0.4, -0.2) is 17.9 Å². The molecule has 5 nitrogen and oxygen atoms in total. The molecule has 0 fully saturated rings. The number of nitrogens with one attached hydrogen (secondary N) is 1. The number of benzene rings is 2. The molecule has 1 N–H and O–H groups in total. The second-order valence-electron chi connectivity index (χ2n) is 7.30. The summed E-state index contributed by atoms with van der Waals surface area (Å²) in [5, 5.41) is 2.98. The van der Waals surface area contributed by atoms with E-state index in [9.17, 15) is 9.59 Å². The fraction of sp³-hybridized carbons (Fsp3) is 0.391. The monoisotopic (exact) mass is 380 g/mol. The molecule has 1 aliphatic rings. The Morgan fingerprint density at radius 1 is 1.18 bits per heavy atom. The summed E-state index contributed by atoms with van der Waals surface area (Å²) in [6, 6.07) is 13.5. The number of anilines is 2. The van der Waals surface area contributed by atoms with E-state index in [4.69, 9.17) is 4.74 Å². The van der Waals surface area contributed by atoms with Crippen LogP contribution in [0.1, 0.15) is 44.7 Å². The van der Waals surface area contributed by atoms with Crippen molar-refractivity contribution in [2.75, 3.05) is 10.2 Å². The molecule has 1 heterocycles. The molecule has 5 heteroatoms. The second kappa shape index (κ2) is 8.46. The Bertz CT molecular complexity index is 874. The lowest BCUT2D eigenvalue weighted by Gasteiger charge is -2.33. The molecule has 0 bridgehead atoms. The number of ether oxygens (including phenoxy) is 1. The Morgan fingerprint density at radius 3 is 2.57 bits per heavy atom. The van der Waals surface area contributed by atoms with Gasteiger partial charge < -0.3 is 15.0 Å². The predicted octanol–water partition coefficient (Wildman–Crippen LogP) is 4.68. The lowest BCUT2D eigenvalue weighted by Crippen LogP contribution is -2.44. The molecule has 28 heavy (non-hydrogen) atoms. The number of carbonyl (C=O) groups excluding carboxylic acids is 2. The van der Waals surface area contributed by atoms with E-state index >= 15 is 0 Å². The van der Waals surface area contributed by atoms with Gasteiger partial charge in [0.15, 0.2) is 6.10 Å². The van der Waals surface area contributed by atoms with Crippen LogP contribution in [0.25, 0.3) is 0 Å². The topological polar surface area (TPSA) is 58.6 Å². The van der Waals surface area contributed by atoms with Crippen LogP contribution in [-0.2, 0) is 16.1 Å². The van der Waals surface area contributed by atoms with Gasteiger partial charge in [0.2, 0.25) is 5.91 Å². The van der Waals surface area contributed by atoms with Crippen LogP contribution in [0.5, 0.6) is 5.75 Å². The first-order valence-electron chi connectivity index (χ1n) is 9.92. The van der Waals surface area contributed by atoms with Gasteiger partial charge in [-0.25, -0.2) is 0 Å². The maximum absolute atomic E-state index is 12.9. The van der Waals surface area contributed by atoms with Crippen molar-refractivity contribution in [3.05, 3.63) is 53.6 Å². The minimum absolute atomic E-state index is 0.00632. The van der Waals surface area contributed by atoms with Crippen molar-refractivity contribution in [1.82, 2.24) is 0 Å². The normalized spacial score (nSPS) is 16.0. The van der Waals surface area contributed by atoms with Crippen molar-refractivity contribution in [2.24, 2.45) is 5.92 Å². The van der Waals surface area contributed by atoms with Gasteiger partial charge in [0.1, 0.15) is 5.75 Å². The smallest absolute Gasteiger partial charge is 0.268 e.